The number of aldehydes is 1. The maximum atomic E-state index is 9.85. The SMILES string of the molecule is O=CC1=NC(=S)C=N1. The molecule has 1 heterocycles. The van der Waals surface area contributed by atoms with Crippen LogP contribution >= 0.6 is 12.2 Å². The fraction of sp³-hybridized carbons (Fsp3) is 0. The molecule has 0 aromatic carbocycles. The molecule has 0 fully saturated rings. The van der Waals surface area contributed by atoms with Crippen molar-refractivity contribution in [2.45, 2.75) is 0 Å². The van der Waals surface area contributed by atoms with Gasteiger partial charge in [0.2, 0.25) is 0 Å². The van der Waals surface area contributed by atoms with Crippen LogP contribution in [-0.4, -0.2) is 23.3 Å². The summed E-state index contributed by atoms with van der Waals surface area (Å²) in [6.07, 6.45) is 1.94. The van der Waals surface area contributed by atoms with Crippen LogP contribution in [0.5, 0.6) is 0 Å². The van der Waals surface area contributed by atoms with E-state index in [0.717, 1.165) is 0 Å². The van der Waals surface area contributed by atoms with Crippen molar-refractivity contribution in [3.05, 3.63) is 0 Å². The van der Waals surface area contributed by atoms with Gasteiger partial charge in [0.05, 0.1) is 6.21 Å². The lowest BCUT2D eigenvalue weighted by molar-refractivity contribution is -0.102. The molecule has 1 rings (SSSR count). The molecule has 0 atom stereocenters. The molecule has 0 bridgehead atoms. The van der Waals surface area contributed by atoms with Gasteiger partial charge in [0.15, 0.2) is 12.1 Å². The van der Waals surface area contributed by atoms with Gasteiger partial charge in [-0.1, -0.05) is 12.2 Å². The van der Waals surface area contributed by atoms with Crippen molar-refractivity contribution in [3.8, 4) is 0 Å². The summed E-state index contributed by atoms with van der Waals surface area (Å²) in [5.74, 6) is 0.162. The number of nitrogens with zero attached hydrogens (tertiary/aromatic N) is 2. The Hall–Kier alpha value is -0.900. The van der Waals surface area contributed by atoms with Crippen molar-refractivity contribution in [2.24, 2.45) is 9.98 Å². The summed E-state index contributed by atoms with van der Waals surface area (Å²) in [4.78, 5) is 17.3. The minimum absolute atomic E-state index is 0.162. The fourth-order valence-electron chi connectivity index (χ4n) is 0.349. The smallest absolute Gasteiger partial charge is 0.194 e. The van der Waals surface area contributed by atoms with Crippen molar-refractivity contribution in [3.63, 3.8) is 0 Å². The van der Waals surface area contributed by atoms with E-state index in [1.54, 1.807) is 0 Å². The zero-order valence-corrected chi connectivity index (χ0v) is 4.68. The Balaban J connectivity index is 2.87. The lowest BCUT2D eigenvalue weighted by atomic mass is 10.7. The van der Waals surface area contributed by atoms with E-state index in [-0.39, 0.29) is 5.84 Å². The first-order valence-corrected chi connectivity index (χ1v) is 2.35. The third kappa shape index (κ3) is 0.840. The zero-order chi connectivity index (χ0) is 5.98. The summed E-state index contributed by atoms with van der Waals surface area (Å²) in [5.41, 5.74) is 0. The molecule has 1 aliphatic heterocycles. The molecular formula is C4H2N2OS. The molecule has 0 unspecified atom stereocenters. The molecule has 1 aliphatic rings. The van der Waals surface area contributed by atoms with Crippen molar-refractivity contribution in [1.82, 2.24) is 0 Å². The first-order chi connectivity index (χ1) is 3.83. The number of carbonyl (C=O) groups is 1. The lowest BCUT2D eigenvalue weighted by Gasteiger charge is -1.71. The van der Waals surface area contributed by atoms with Crippen LogP contribution in [0.3, 0.4) is 0 Å². The Bertz CT molecular complexity index is 194. The molecular weight excluding hydrogens is 124 g/mol. The van der Waals surface area contributed by atoms with E-state index in [1.165, 1.54) is 6.21 Å². The molecule has 0 radical (unpaired) electrons. The van der Waals surface area contributed by atoms with E-state index in [9.17, 15) is 4.79 Å². The van der Waals surface area contributed by atoms with Gasteiger partial charge in [-0.05, 0) is 0 Å². The largest absolute Gasteiger partial charge is 0.294 e. The third-order valence-corrected chi connectivity index (χ3v) is 0.834. The van der Waals surface area contributed by atoms with Gasteiger partial charge in [-0.2, -0.15) is 0 Å². The average Bonchev–Trinajstić information content (AvgIpc) is 2.14. The van der Waals surface area contributed by atoms with Gasteiger partial charge < -0.3 is 0 Å². The van der Waals surface area contributed by atoms with Crippen LogP contribution in [0, 0.1) is 0 Å². The van der Waals surface area contributed by atoms with Gasteiger partial charge in [0.25, 0.3) is 0 Å². The van der Waals surface area contributed by atoms with Crippen molar-refractivity contribution < 1.29 is 4.79 Å². The van der Waals surface area contributed by atoms with Gasteiger partial charge in [0, 0.05) is 0 Å². The predicted molar refractivity (Wildman–Crippen MR) is 34.6 cm³/mol. The molecule has 0 aromatic rings. The molecule has 0 aromatic heterocycles. The van der Waals surface area contributed by atoms with Crippen LogP contribution < -0.4 is 0 Å². The molecule has 0 N–H and O–H groups in total. The summed E-state index contributed by atoms with van der Waals surface area (Å²) in [5, 5.41) is 0. The molecule has 8 heavy (non-hydrogen) atoms. The van der Waals surface area contributed by atoms with Crippen molar-refractivity contribution in [1.29, 1.82) is 0 Å². The highest BCUT2D eigenvalue weighted by atomic mass is 32.1. The number of hydrogen-bond donors (Lipinski definition) is 0. The molecule has 3 nitrogen and oxygen atoms in total. The quantitative estimate of drug-likeness (QED) is 0.366. The highest BCUT2D eigenvalue weighted by molar-refractivity contribution is 7.81. The van der Waals surface area contributed by atoms with Gasteiger partial charge >= 0.3 is 0 Å². The number of rotatable bonds is 1. The van der Waals surface area contributed by atoms with E-state index in [2.05, 4.69) is 22.2 Å². The van der Waals surface area contributed by atoms with Gasteiger partial charge in [-0.3, -0.25) is 4.79 Å². The standard InChI is InChI=1S/C4H2N2OS/c7-2-3-5-1-4(8)6-3/h1-2H. The molecule has 0 aliphatic carbocycles. The second kappa shape index (κ2) is 1.92. The Morgan fingerprint density at radius 3 is 2.75 bits per heavy atom. The molecule has 0 amide bonds. The molecule has 0 saturated heterocycles. The van der Waals surface area contributed by atoms with Gasteiger partial charge in [-0.15, -0.1) is 0 Å². The fourth-order valence-corrected chi connectivity index (χ4v) is 0.495. The molecule has 4 heteroatoms. The molecule has 0 saturated carbocycles. The maximum Gasteiger partial charge on any atom is 0.194 e. The van der Waals surface area contributed by atoms with Crippen molar-refractivity contribution in [2.75, 3.05) is 0 Å². The third-order valence-electron chi connectivity index (χ3n) is 0.637. The summed E-state index contributed by atoms with van der Waals surface area (Å²) in [7, 11) is 0. The monoisotopic (exact) mass is 126 g/mol. The van der Waals surface area contributed by atoms with E-state index >= 15 is 0 Å². The van der Waals surface area contributed by atoms with Gasteiger partial charge in [-0.25, -0.2) is 9.98 Å². The van der Waals surface area contributed by atoms with Crippen molar-refractivity contribution >= 4 is 35.5 Å². The van der Waals surface area contributed by atoms with Crippen LogP contribution in [0.4, 0.5) is 0 Å². The summed E-state index contributed by atoms with van der Waals surface area (Å²) < 4.78 is 0. The number of amidine groups is 1. The minimum Gasteiger partial charge on any atom is -0.294 e. The Labute approximate surface area is 51.1 Å². The molecule has 0 spiro atoms. The summed E-state index contributed by atoms with van der Waals surface area (Å²) in [6, 6.07) is 0. The number of thiocarbonyl (C=S) groups is 1. The second-order valence-electron chi connectivity index (χ2n) is 1.18. The number of carbonyl (C=O) groups excluding carboxylic acids is 1. The van der Waals surface area contributed by atoms with Crippen LogP contribution in [0.1, 0.15) is 0 Å². The van der Waals surface area contributed by atoms with E-state index in [1.807, 2.05) is 0 Å². The topological polar surface area (TPSA) is 41.8 Å². The zero-order valence-electron chi connectivity index (χ0n) is 3.87. The maximum absolute atomic E-state index is 9.85. The first-order valence-electron chi connectivity index (χ1n) is 1.95. The summed E-state index contributed by atoms with van der Waals surface area (Å²) >= 11 is 4.57. The minimum atomic E-state index is 0.162. The lowest BCUT2D eigenvalue weighted by Crippen LogP contribution is -1.89. The Morgan fingerprint density at radius 1 is 1.75 bits per heavy atom. The van der Waals surface area contributed by atoms with E-state index in [0.29, 0.717) is 11.3 Å². The van der Waals surface area contributed by atoms with Crippen LogP contribution in [0.25, 0.3) is 0 Å². The van der Waals surface area contributed by atoms with E-state index < -0.39 is 0 Å². The van der Waals surface area contributed by atoms with E-state index in [4.69, 9.17) is 0 Å². The second-order valence-corrected chi connectivity index (χ2v) is 1.60. The Morgan fingerprint density at radius 2 is 2.50 bits per heavy atom. The number of aliphatic imine (C=N–C) groups is 2. The average molecular weight is 126 g/mol. The number of hydrogen-bond acceptors (Lipinski definition) is 3. The molecule has 40 valence electrons. The Kier molecular flexibility index (Phi) is 1.26. The summed E-state index contributed by atoms with van der Waals surface area (Å²) in [6.45, 7) is 0. The highest BCUT2D eigenvalue weighted by Gasteiger charge is 2.00. The van der Waals surface area contributed by atoms with Crippen LogP contribution in [0.15, 0.2) is 9.98 Å². The highest BCUT2D eigenvalue weighted by Crippen LogP contribution is 1.88. The van der Waals surface area contributed by atoms with Crippen LogP contribution in [0.2, 0.25) is 0 Å². The van der Waals surface area contributed by atoms with Crippen LogP contribution in [-0.2, 0) is 4.79 Å². The predicted octanol–water partition coefficient (Wildman–Crippen LogP) is -0.00440. The first kappa shape index (κ1) is 5.24. The van der Waals surface area contributed by atoms with Gasteiger partial charge in [0.1, 0.15) is 4.99 Å². The normalized spacial score (nSPS) is 16.5.